The Morgan fingerprint density at radius 2 is 2.12 bits per heavy atom. The van der Waals surface area contributed by atoms with Gasteiger partial charge in [0.05, 0.1) is 17.9 Å². The molecule has 3 heteroatoms. The van der Waals surface area contributed by atoms with Gasteiger partial charge < -0.3 is 4.74 Å². The topological polar surface area (TPSA) is 35.0 Å². The van der Waals surface area contributed by atoms with Crippen molar-refractivity contribution in [2.24, 2.45) is 0 Å². The molecule has 0 saturated carbocycles. The Morgan fingerprint density at radius 1 is 1.29 bits per heavy atom. The zero-order chi connectivity index (χ0) is 12.0. The summed E-state index contributed by atoms with van der Waals surface area (Å²) in [5.41, 5.74) is 3.79. The third-order valence-corrected chi connectivity index (χ3v) is 3.82. The first-order valence-electron chi connectivity index (χ1n) is 6.74. The molecule has 0 aromatic carbocycles. The number of rotatable bonds is 2. The Labute approximate surface area is 103 Å². The van der Waals surface area contributed by atoms with Crippen LogP contribution in [0.25, 0.3) is 0 Å². The number of hydrogen-bond acceptors (Lipinski definition) is 3. The van der Waals surface area contributed by atoms with Crippen LogP contribution in [-0.2, 0) is 17.6 Å². The van der Waals surface area contributed by atoms with Gasteiger partial charge in [0.15, 0.2) is 0 Å². The molecular formula is C14H20N2O. The average Bonchev–Trinajstić information content (AvgIpc) is 2.70. The quantitative estimate of drug-likeness (QED) is 0.786. The zero-order valence-corrected chi connectivity index (χ0v) is 10.9. The van der Waals surface area contributed by atoms with Gasteiger partial charge in [-0.25, -0.2) is 9.97 Å². The van der Waals surface area contributed by atoms with E-state index in [9.17, 15) is 0 Å². The summed E-state index contributed by atoms with van der Waals surface area (Å²) in [6.45, 7) is 6.50. The van der Waals surface area contributed by atoms with E-state index in [4.69, 9.17) is 14.7 Å². The van der Waals surface area contributed by atoms with Crippen molar-refractivity contribution >= 4 is 0 Å². The Balaban J connectivity index is 2.12. The molecule has 0 aliphatic carbocycles. The van der Waals surface area contributed by atoms with Gasteiger partial charge in [-0.15, -0.1) is 0 Å². The molecule has 0 N–H and O–H groups in total. The highest BCUT2D eigenvalue weighted by Crippen LogP contribution is 2.41. The van der Waals surface area contributed by atoms with E-state index < -0.39 is 0 Å². The van der Waals surface area contributed by atoms with Gasteiger partial charge in [0.2, 0.25) is 0 Å². The summed E-state index contributed by atoms with van der Waals surface area (Å²) in [6, 6.07) is 0. The molecule has 3 nitrogen and oxygen atoms in total. The lowest BCUT2D eigenvalue weighted by Gasteiger charge is -2.25. The molecule has 2 unspecified atom stereocenters. The van der Waals surface area contributed by atoms with Crippen LogP contribution in [0.5, 0.6) is 0 Å². The minimum Gasteiger partial charge on any atom is -0.370 e. The van der Waals surface area contributed by atoms with Gasteiger partial charge in [0, 0.05) is 23.6 Å². The Morgan fingerprint density at radius 3 is 2.82 bits per heavy atom. The lowest BCUT2D eigenvalue weighted by Crippen LogP contribution is -2.23. The molecule has 3 heterocycles. The minimum absolute atomic E-state index is 0.278. The Kier molecular flexibility index (Phi) is 2.66. The molecule has 1 fully saturated rings. The maximum atomic E-state index is 5.99. The summed E-state index contributed by atoms with van der Waals surface area (Å²) in [5.74, 6) is 1.41. The van der Waals surface area contributed by atoms with E-state index in [-0.39, 0.29) is 6.10 Å². The van der Waals surface area contributed by atoms with Crippen molar-refractivity contribution in [2.45, 2.75) is 64.6 Å². The Bertz CT molecular complexity index is 442. The highest BCUT2D eigenvalue weighted by atomic mass is 16.5. The molecule has 2 aliphatic rings. The predicted octanol–water partition coefficient (Wildman–Crippen LogP) is 2.94. The van der Waals surface area contributed by atoms with E-state index in [0.717, 1.165) is 25.1 Å². The Hall–Kier alpha value is -0.960. The van der Waals surface area contributed by atoms with Crippen LogP contribution in [-0.4, -0.2) is 16.1 Å². The van der Waals surface area contributed by atoms with Crippen molar-refractivity contribution in [2.75, 3.05) is 0 Å². The van der Waals surface area contributed by atoms with Crippen molar-refractivity contribution in [3.05, 3.63) is 22.8 Å². The first kappa shape index (κ1) is 11.1. The standard InChI is InChI=1S/C14H20N2O/c1-4-10-13-11(16-14(15-10)8(2)3)7-9-5-6-12(13)17-9/h8-9,12H,4-7H2,1-3H3. The lowest BCUT2D eigenvalue weighted by molar-refractivity contribution is 0.0299. The van der Waals surface area contributed by atoms with E-state index in [1.165, 1.54) is 23.4 Å². The molecule has 17 heavy (non-hydrogen) atoms. The summed E-state index contributed by atoms with van der Waals surface area (Å²) in [5, 5.41) is 0. The van der Waals surface area contributed by atoms with Crippen molar-refractivity contribution < 1.29 is 4.74 Å². The van der Waals surface area contributed by atoms with Gasteiger partial charge in [-0.05, 0) is 19.3 Å². The third-order valence-electron chi connectivity index (χ3n) is 3.82. The van der Waals surface area contributed by atoms with Gasteiger partial charge in [-0.3, -0.25) is 0 Å². The third kappa shape index (κ3) is 1.77. The van der Waals surface area contributed by atoms with Crippen molar-refractivity contribution in [1.82, 2.24) is 9.97 Å². The molecule has 92 valence electrons. The van der Waals surface area contributed by atoms with Crippen LogP contribution in [0.1, 0.15) is 68.4 Å². The van der Waals surface area contributed by atoms with E-state index in [1.807, 2.05) is 0 Å². The summed E-state index contributed by atoms with van der Waals surface area (Å²) >= 11 is 0. The van der Waals surface area contributed by atoms with Crippen LogP contribution in [0, 0.1) is 0 Å². The van der Waals surface area contributed by atoms with Crippen LogP contribution < -0.4 is 0 Å². The fourth-order valence-corrected chi connectivity index (χ4v) is 2.93. The number of aromatic nitrogens is 2. The predicted molar refractivity (Wildman–Crippen MR) is 66.1 cm³/mol. The number of ether oxygens (including phenoxy) is 1. The molecule has 0 radical (unpaired) electrons. The highest BCUT2D eigenvalue weighted by Gasteiger charge is 2.36. The van der Waals surface area contributed by atoms with Crippen molar-refractivity contribution in [3.63, 3.8) is 0 Å². The SMILES string of the molecule is CCc1nc(C(C)C)nc2c1C1CCC(C2)O1. The number of fused-ring (bicyclic) bond motifs is 4. The monoisotopic (exact) mass is 232 g/mol. The van der Waals surface area contributed by atoms with Gasteiger partial charge in [-0.2, -0.15) is 0 Å². The van der Waals surface area contributed by atoms with E-state index in [1.54, 1.807) is 0 Å². The second-order valence-electron chi connectivity index (χ2n) is 5.43. The molecular weight excluding hydrogens is 212 g/mol. The van der Waals surface area contributed by atoms with Crippen LogP contribution in [0.15, 0.2) is 0 Å². The average molecular weight is 232 g/mol. The largest absolute Gasteiger partial charge is 0.370 e. The van der Waals surface area contributed by atoms with Crippen LogP contribution >= 0.6 is 0 Å². The highest BCUT2D eigenvalue weighted by molar-refractivity contribution is 5.33. The fourth-order valence-electron chi connectivity index (χ4n) is 2.93. The molecule has 1 aromatic heterocycles. The number of aryl methyl sites for hydroxylation is 1. The molecule has 2 bridgehead atoms. The summed E-state index contributed by atoms with van der Waals surface area (Å²) in [4.78, 5) is 9.50. The summed E-state index contributed by atoms with van der Waals surface area (Å²) in [7, 11) is 0. The normalized spacial score (nSPS) is 26.4. The molecule has 1 aromatic rings. The molecule has 1 saturated heterocycles. The van der Waals surface area contributed by atoms with Crippen LogP contribution in [0.4, 0.5) is 0 Å². The first-order chi connectivity index (χ1) is 8.19. The fraction of sp³-hybridized carbons (Fsp3) is 0.714. The molecule has 0 spiro atoms. The molecule has 0 amide bonds. The molecule has 3 rings (SSSR count). The zero-order valence-electron chi connectivity index (χ0n) is 10.9. The minimum atomic E-state index is 0.278. The summed E-state index contributed by atoms with van der Waals surface area (Å²) < 4.78 is 5.99. The second kappa shape index (κ2) is 4.05. The van der Waals surface area contributed by atoms with Gasteiger partial charge in [0.1, 0.15) is 5.82 Å². The molecule has 2 atom stereocenters. The second-order valence-corrected chi connectivity index (χ2v) is 5.43. The van der Waals surface area contributed by atoms with Gasteiger partial charge in [-0.1, -0.05) is 20.8 Å². The maximum Gasteiger partial charge on any atom is 0.131 e. The summed E-state index contributed by atoms with van der Waals surface area (Å²) in [6.07, 6.45) is 4.99. The van der Waals surface area contributed by atoms with Gasteiger partial charge >= 0.3 is 0 Å². The van der Waals surface area contributed by atoms with Crippen molar-refractivity contribution in [1.29, 1.82) is 0 Å². The van der Waals surface area contributed by atoms with E-state index in [0.29, 0.717) is 12.0 Å². The number of nitrogens with zero attached hydrogens (tertiary/aromatic N) is 2. The van der Waals surface area contributed by atoms with Crippen LogP contribution in [0.2, 0.25) is 0 Å². The molecule has 2 aliphatic heterocycles. The van der Waals surface area contributed by atoms with Crippen LogP contribution in [0.3, 0.4) is 0 Å². The maximum absolute atomic E-state index is 5.99. The smallest absolute Gasteiger partial charge is 0.131 e. The van der Waals surface area contributed by atoms with Gasteiger partial charge in [0.25, 0.3) is 0 Å². The van der Waals surface area contributed by atoms with E-state index in [2.05, 4.69) is 20.8 Å². The first-order valence-corrected chi connectivity index (χ1v) is 6.74. The number of hydrogen-bond donors (Lipinski definition) is 0. The van der Waals surface area contributed by atoms with Crippen molar-refractivity contribution in [3.8, 4) is 0 Å². The lowest BCUT2D eigenvalue weighted by atomic mass is 9.99. The van der Waals surface area contributed by atoms with E-state index >= 15 is 0 Å².